The summed E-state index contributed by atoms with van der Waals surface area (Å²) < 4.78 is 5.61. The molecule has 0 atom stereocenters. The van der Waals surface area contributed by atoms with Gasteiger partial charge >= 0.3 is 0 Å². The van der Waals surface area contributed by atoms with Gasteiger partial charge in [0.05, 0.1) is 12.2 Å². The van der Waals surface area contributed by atoms with Crippen molar-refractivity contribution >= 4 is 12.0 Å². The Hall–Kier alpha value is -3.07. The van der Waals surface area contributed by atoms with Crippen LogP contribution in [0.4, 0.5) is 5.69 Å². The Morgan fingerprint density at radius 2 is 1.78 bits per heavy atom. The first-order chi connectivity index (χ1) is 13.1. The van der Waals surface area contributed by atoms with Gasteiger partial charge in [-0.3, -0.25) is 4.79 Å². The summed E-state index contributed by atoms with van der Waals surface area (Å²) in [7, 11) is 0. The van der Waals surface area contributed by atoms with E-state index >= 15 is 0 Å². The number of aldehydes is 1. The molecule has 0 radical (unpaired) electrons. The summed E-state index contributed by atoms with van der Waals surface area (Å²) in [6.45, 7) is 7.31. The minimum atomic E-state index is 0.529. The first-order valence-electron chi connectivity index (χ1n) is 9.24. The lowest BCUT2D eigenvalue weighted by Crippen LogP contribution is -2.05. The third-order valence-corrected chi connectivity index (χ3v) is 4.78. The molecular formula is C24H25NO2. The van der Waals surface area contributed by atoms with Crippen LogP contribution in [0.2, 0.25) is 0 Å². The number of rotatable bonds is 7. The summed E-state index contributed by atoms with van der Waals surface area (Å²) in [6.07, 6.45) is 0.843. The van der Waals surface area contributed by atoms with Gasteiger partial charge in [-0.2, -0.15) is 0 Å². The van der Waals surface area contributed by atoms with Crippen LogP contribution in [0.3, 0.4) is 0 Å². The minimum absolute atomic E-state index is 0.529. The van der Waals surface area contributed by atoms with E-state index in [1.807, 2.05) is 32.0 Å². The van der Waals surface area contributed by atoms with Crippen LogP contribution in [0.15, 0.2) is 60.7 Å². The van der Waals surface area contributed by atoms with E-state index in [0.717, 1.165) is 17.5 Å². The van der Waals surface area contributed by atoms with Gasteiger partial charge in [0, 0.05) is 18.3 Å². The van der Waals surface area contributed by atoms with Crippen LogP contribution in [0.25, 0.3) is 11.1 Å². The Kier molecular flexibility index (Phi) is 5.92. The molecule has 138 valence electrons. The summed E-state index contributed by atoms with van der Waals surface area (Å²) >= 11 is 0. The highest BCUT2D eigenvalue weighted by atomic mass is 16.5. The van der Waals surface area contributed by atoms with Gasteiger partial charge in [0.15, 0.2) is 6.29 Å². The molecule has 3 nitrogen and oxygen atoms in total. The number of nitrogens with one attached hydrogen (secondary N) is 1. The van der Waals surface area contributed by atoms with Crippen molar-refractivity contribution in [3.05, 3.63) is 82.9 Å². The number of benzene rings is 3. The molecule has 0 saturated carbocycles. The van der Waals surface area contributed by atoms with E-state index in [4.69, 9.17) is 4.74 Å². The van der Waals surface area contributed by atoms with Crippen LogP contribution in [0.5, 0.6) is 5.75 Å². The molecule has 0 unspecified atom stereocenters. The number of ether oxygens (including phenoxy) is 1. The lowest BCUT2D eigenvalue weighted by atomic mass is 9.96. The molecule has 3 rings (SSSR count). The van der Waals surface area contributed by atoms with Crippen molar-refractivity contribution in [1.82, 2.24) is 0 Å². The second-order valence-electron chi connectivity index (χ2n) is 6.57. The predicted molar refractivity (Wildman–Crippen MR) is 112 cm³/mol. The van der Waals surface area contributed by atoms with Crippen molar-refractivity contribution in [2.75, 3.05) is 11.9 Å². The van der Waals surface area contributed by atoms with Gasteiger partial charge in [-0.25, -0.2) is 0 Å². The van der Waals surface area contributed by atoms with Crippen LogP contribution in [0.1, 0.15) is 34.0 Å². The average molecular weight is 359 g/mol. The van der Waals surface area contributed by atoms with E-state index in [2.05, 4.69) is 54.7 Å². The molecule has 1 N–H and O–H groups in total. The zero-order valence-corrected chi connectivity index (χ0v) is 16.1. The Balaban J connectivity index is 1.85. The maximum absolute atomic E-state index is 11.3. The van der Waals surface area contributed by atoms with Gasteiger partial charge < -0.3 is 10.1 Å². The second-order valence-corrected chi connectivity index (χ2v) is 6.57. The minimum Gasteiger partial charge on any atom is -0.493 e. The second kappa shape index (κ2) is 8.54. The zero-order valence-electron chi connectivity index (χ0n) is 16.1. The fourth-order valence-electron chi connectivity index (χ4n) is 3.27. The Morgan fingerprint density at radius 3 is 2.48 bits per heavy atom. The number of hydrogen-bond donors (Lipinski definition) is 1. The standard InChI is InChI=1S/C24H25NO2/c1-4-27-24-14-23(17(2)13-21(24)16-26)25-15-20-11-8-12-22(18(20)3)19-9-6-5-7-10-19/h5-14,16,25H,4,15H2,1-3H3. The van der Waals surface area contributed by atoms with Crippen molar-refractivity contribution in [2.45, 2.75) is 27.3 Å². The van der Waals surface area contributed by atoms with Gasteiger partial charge in [-0.1, -0.05) is 48.5 Å². The molecule has 3 aromatic carbocycles. The first-order valence-corrected chi connectivity index (χ1v) is 9.24. The van der Waals surface area contributed by atoms with Crippen LogP contribution < -0.4 is 10.1 Å². The third-order valence-electron chi connectivity index (χ3n) is 4.78. The molecule has 0 heterocycles. The topological polar surface area (TPSA) is 38.3 Å². The van der Waals surface area contributed by atoms with Crippen molar-refractivity contribution < 1.29 is 9.53 Å². The zero-order chi connectivity index (χ0) is 19.2. The summed E-state index contributed by atoms with van der Waals surface area (Å²) in [5, 5.41) is 3.50. The fraction of sp³-hybridized carbons (Fsp3) is 0.208. The normalized spacial score (nSPS) is 10.5. The van der Waals surface area contributed by atoms with Crippen LogP contribution >= 0.6 is 0 Å². The van der Waals surface area contributed by atoms with E-state index in [9.17, 15) is 4.79 Å². The van der Waals surface area contributed by atoms with E-state index in [1.54, 1.807) is 0 Å². The number of carbonyl (C=O) groups is 1. The highest BCUT2D eigenvalue weighted by molar-refractivity contribution is 5.82. The van der Waals surface area contributed by atoms with Crippen molar-refractivity contribution in [2.24, 2.45) is 0 Å². The molecule has 0 aliphatic rings. The van der Waals surface area contributed by atoms with Gasteiger partial charge in [0.25, 0.3) is 0 Å². The highest BCUT2D eigenvalue weighted by Gasteiger charge is 2.10. The van der Waals surface area contributed by atoms with Crippen molar-refractivity contribution in [3.63, 3.8) is 0 Å². The molecule has 0 spiro atoms. The molecule has 3 aromatic rings. The van der Waals surface area contributed by atoms with E-state index in [1.165, 1.54) is 22.3 Å². The molecule has 0 aliphatic heterocycles. The molecule has 27 heavy (non-hydrogen) atoms. The molecule has 0 aromatic heterocycles. The molecule has 0 bridgehead atoms. The van der Waals surface area contributed by atoms with Gasteiger partial charge in [-0.05, 0) is 54.7 Å². The van der Waals surface area contributed by atoms with Crippen molar-refractivity contribution in [3.8, 4) is 16.9 Å². The smallest absolute Gasteiger partial charge is 0.153 e. The Morgan fingerprint density at radius 1 is 1.00 bits per heavy atom. The molecule has 0 fully saturated rings. The SMILES string of the molecule is CCOc1cc(NCc2cccc(-c3ccccc3)c2C)c(C)cc1C=O. The lowest BCUT2D eigenvalue weighted by molar-refractivity contribution is 0.112. The monoisotopic (exact) mass is 359 g/mol. The van der Waals surface area contributed by atoms with Gasteiger partial charge in [-0.15, -0.1) is 0 Å². The summed E-state index contributed by atoms with van der Waals surface area (Å²) in [6, 6.07) is 20.6. The molecule has 0 amide bonds. The maximum Gasteiger partial charge on any atom is 0.153 e. The molecule has 0 saturated heterocycles. The predicted octanol–water partition coefficient (Wildman–Crippen LogP) is 5.79. The van der Waals surface area contributed by atoms with E-state index in [0.29, 0.717) is 24.5 Å². The number of carbonyl (C=O) groups excluding carboxylic acids is 1. The number of anilines is 1. The number of hydrogen-bond acceptors (Lipinski definition) is 3. The van der Waals surface area contributed by atoms with E-state index in [-0.39, 0.29) is 0 Å². The van der Waals surface area contributed by atoms with Crippen LogP contribution in [-0.2, 0) is 6.54 Å². The first kappa shape index (κ1) is 18.7. The van der Waals surface area contributed by atoms with Crippen LogP contribution in [-0.4, -0.2) is 12.9 Å². The quantitative estimate of drug-likeness (QED) is 0.542. The summed E-state index contributed by atoms with van der Waals surface area (Å²) in [5.41, 5.74) is 7.57. The molecular weight excluding hydrogens is 334 g/mol. The number of aryl methyl sites for hydroxylation is 1. The molecule has 0 aliphatic carbocycles. The maximum atomic E-state index is 11.3. The van der Waals surface area contributed by atoms with E-state index < -0.39 is 0 Å². The Bertz CT molecular complexity index is 933. The van der Waals surface area contributed by atoms with Crippen molar-refractivity contribution in [1.29, 1.82) is 0 Å². The van der Waals surface area contributed by atoms with Gasteiger partial charge in [0.1, 0.15) is 5.75 Å². The lowest BCUT2D eigenvalue weighted by Gasteiger charge is -2.16. The fourth-order valence-corrected chi connectivity index (χ4v) is 3.27. The Labute approximate surface area is 161 Å². The summed E-state index contributed by atoms with van der Waals surface area (Å²) in [5.74, 6) is 0.621. The van der Waals surface area contributed by atoms with Gasteiger partial charge in [0.2, 0.25) is 0 Å². The average Bonchev–Trinajstić information content (AvgIpc) is 2.69. The van der Waals surface area contributed by atoms with Crippen LogP contribution in [0, 0.1) is 13.8 Å². The summed E-state index contributed by atoms with van der Waals surface area (Å²) in [4.78, 5) is 11.3. The third kappa shape index (κ3) is 4.20. The highest BCUT2D eigenvalue weighted by Crippen LogP contribution is 2.29. The largest absolute Gasteiger partial charge is 0.493 e. The molecule has 3 heteroatoms.